The van der Waals surface area contributed by atoms with E-state index >= 15 is 0 Å². The predicted molar refractivity (Wildman–Crippen MR) is 72.7 cm³/mol. The molecule has 0 atom stereocenters. The second kappa shape index (κ2) is 6.05. The van der Waals surface area contributed by atoms with Gasteiger partial charge in [-0.15, -0.1) is 0 Å². The van der Waals surface area contributed by atoms with Crippen molar-refractivity contribution in [3.8, 4) is 0 Å². The summed E-state index contributed by atoms with van der Waals surface area (Å²) in [5.74, 6) is 1.77. The first-order valence-electron chi connectivity index (χ1n) is 7.19. The minimum absolute atomic E-state index is 0.432. The van der Waals surface area contributed by atoms with Gasteiger partial charge >= 0.3 is 0 Å². The molecule has 0 aliphatic heterocycles. The molecule has 0 unspecified atom stereocenters. The molecule has 0 heterocycles. The summed E-state index contributed by atoms with van der Waals surface area (Å²) < 4.78 is 0. The highest BCUT2D eigenvalue weighted by atomic mass is 14.9. The van der Waals surface area contributed by atoms with E-state index in [1.54, 1.807) is 0 Å². The van der Waals surface area contributed by atoms with Crippen LogP contribution in [0.5, 0.6) is 0 Å². The molecule has 0 aromatic carbocycles. The molecule has 0 aromatic rings. The molecule has 1 aliphatic rings. The Morgan fingerprint density at radius 2 is 1.69 bits per heavy atom. The van der Waals surface area contributed by atoms with Crippen LogP contribution in [0, 0.1) is 17.3 Å². The Morgan fingerprint density at radius 1 is 1.12 bits per heavy atom. The van der Waals surface area contributed by atoms with E-state index in [0.717, 1.165) is 17.9 Å². The van der Waals surface area contributed by atoms with Gasteiger partial charge in [0.25, 0.3) is 0 Å². The summed E-state index contributed by atoms with van der Waals surface area (Å²) in [6.07, 6.45) is 7.05. The van der Waals surface area contributed by atoms with Gasteiger partial charge in [-0.05, 0) is 42.9 Å². The molecule has 0 saturated heterocycles. The zero-order chi connectivity index (χ0) is 12.2. The van der Waals surface area contributed by atoms with Crippen molar-refractivity contribution < 1.29 is 0 Å². The summed E-state index contributed by atoms with van der Waals surface area (Å²) in [6, 6.07) is 0.792. The molecule has 1 rings (SSSR count). The molecule has 1 saturated carbocycles. The van der Waals surface area contributed by atoms with Crippen molar-refractivity contribution in [3.05, 3.63) is 0 Å². The van der Waals surface area contributed by atoms with Crippen LogP contribution in [0.2, 0.25) is 0 Å². The van der Waals surface area contributed by atoms with Gasteiger partial charge in [0.1, 0.15) is 0 Å². The van der Waals surface area contributed by atoms with Gasteiger partial charge < -0.3 is 5.32 Å². The van der Waals surface area contributed by atoms with Crippen molar-refractivity contribution in [1.82, 2.24) is 5.32 Å². The zero-order valence-electron chi connectivity index (χ0n) is 12.0. The van der Waals surface area contributed by atoms with Crippen molar-refractivity contribution in [2.75, 3.05) is 6.54 Å². The SMILES string of the molecule is CCC1CCC(NCC(C)(C)C(C)C)CC1. The summed E-state index contributed by atoms with van der Waals surface area (Å²) in [5, 5.41) is 3.79. The van der Waals surface area contributed by atoms with Crippen molar-refractivity contribution >= 4 is 0 Å². The number of nitrogens with one attached hydrogen (secondary N) is 1. The Bertz CT molecular complexity index is 188. The second-order valence-corrected chi connectivity index (χ2v) is 6.65. The lowest BCUT2D eigenvalue weighted by atomic mass is 9.80. The van der Waals surface area contributed by atoms with Crippen LogP contribution in [0.3, 0.4) is 0 Å². The normalized spacial score (nSPS) is 27.4. The monoisotopic (exact) mass is 225 g/mol. The topological polar surface area (TPSA) is 12.0 Å². The Morgan fingerprint density at radius 3 is 2.12 bits per heavy atom. The van der Waals surface area contributed by atoms with E-state index in [-0.39, 0.29) is 0 Å². The standard InChI is InChI=1S/C15H31N/c1-6-13-7-9-14(10-8-13)16-11-15(4,5)12(2)3/h12-14,16H,6-11H2,1-5H3. The molecule has 0 bridgehead atoms. The van der Waals surface area contributed by atoms with Crippen LogP contribution in [0.15, 0.2) is 0 Å². The van der Waals surface area contributed by atoms with Crippen LogP contribution in [-0.2, 0) is 0 Å². The van der Waals surface area contributed by atoms with Crippen LogP contribution in [0.4, 0.5) is 0 Å². The van der Waals surface area contributed by atoms with Gasteiger partial charge in [0.15, 0.2) is 0 Å². The summed E-state index contributed by atoms with van der Waals surface area (Å²) in [7, 11) is 0. The van der Waals surface area contributed by atoms with Gasteiger partial charge in [-0.3, -0.25) is 0 Å². The van der Waals surface area contributed by atoms with E-state index in [1.165, 1.54) is 38.6 Å². The minimum Gasteiger partial charge on any atom is -0.313 e. The first-order chi connectivity index (χ1) is 7.45. The Labute approximate surface area is 102 Å². The number of hydrogen-bond acceptors (Lipinski definition) is 1. The summed E-state index contributed by atoms with van der Waals surface area (Å²) in [5.41, 5.74) is 0.432. The molecule has 1 nitrogen and oxygen atoms in total. The van der Waals surface area contributed by atoms with Gasteiger partial charge in [0.2, 0.25) is 0 Å². The third-order valence-corrected chi connectivity index (χ3v) is 4.83. The van der Waals surface area contributed by atoms with Crippen LogP contribution < -0.4 is 5.32 Å². The summed E-state index contributed by atoms with van der Waals surface area (Å²) in [6.45, 7) is 12.9. The van der Waals surface area contributed by atoms with E-state index in [2.05, 4.69) is 39.9 Å². The molecule has 96 valence electrons. The maximum Gasteiger partial charge on any atom is 0.00674 e. The largest absolute Gasteiger partial charge is 0.313 e. The molecule has 0 amide bonds. The first-order valence-corrected chi connectivity index (χ1v) is 7.19. The van der Waals surface area contributed by atoms with Gasteiger partial charge in [-0.2, -0.15) is 0 Å². The van der Waals surface area contributed by atoms with E-state index in [4.69, 9.17) is 0 Å². The lowest BCUT2D eigenvalue weighted by Gasteiger charge is -2.34. The highest BCUT2D eigenvalue weighted by molar-refractivity contribution is 4.81. The molecule has 0 aromatic heterocycles. The first kappa shape index (κ1) is 14.0. The van der Waals surface area contributed by atoms with E-state index in [9.17, 15) is 0 Å². The van der Waals surface area contributed by atoms with Crippen LogP contribution in [0.25, 0.3) is 0 Å². The van der Waals surface area contributed by atoms with Gasteiger partial charge in [0, 0.05) is 12.6 Å². The third-order valence-electron chi connectivity index (χ3n) is 4.83. The zero-order valence-corrected chi connectivity index (χ0v) is 12.0. The maximum atomic E-state index is 3.79. The average Bonchev–Trinajstić information content (AvgIpc) is 2.27. The molecular weight excluding hydrogens is 194 g/mol. The fourth-order valence-corrected chi connectivity index (χ4v) is 2.39. The Hall–Kier alpha value is -0.0400. The quantitative estimate of drug-likeness (QED) is 0.738. The van der Waals surface area contributed by atoms with E-state index in [1.807, 2.05) is 0 Å². The summed E-state index contributed by atoms with van der Waals surface area (Å²) in [4.78, 5) is 0. The molecule has 1 N–H and O–H groups in total. The van der Waals surface area contributed by atoms with Crippen molar-refractivity contribution in [3.63, 3.8) is 0 Å². The van der Waals surface area contributed by atoms with Crippen LogP contribution >= 0.6 is 0 Å². The fraction of sp³-hybridized carbons (Fsp3) is 1.00. The maximum absolute atomic E-state index is 3.79. The van der Waals surface area contributed by atoms with Crippen LogP contribution in [0.1, 0.15) is 66.7 Å². The highest BCUT2D eigenvalue weighted by Gasteiger charge is 2.25. The molecule has 1 aliphatic carbocycles. The number of rotatable bonds is 5. The molecule has 1 heteroatoms. The smallest absolute Gasteiger partial charge is 0.00674 e. The van der Waals surface area contributed by atoms with Gasteiger partial charge in [0.05, 0.1) is 0 Å². The van der Waals surface area contributed by atoms with E-state index in [0.29, 0.717) is 5.41 Å². The molecular formula is C15H31N. The highest BCUT2D eigenvalue weighted by Crippen LogP contribution is 2.29. The Kier molecular flexibility index (Phi) is 5.30. The minimum atomic E-state index is 0.432. The lowest BCUT2D eigenvalue weighted by molar-refractivity contribution is 0.206. The van der Waals surface area contributed by atoms with E-state index < -0.39 is 0 Å². The van der Waals surface area contributed by atoms with Gasteiger partial charge in [-0.1, -0.05) is 41.0 Å². The molecule has 0 spiro atoms. The second-order valence-electron chi connectivity index (χ2n) is 6.65. The molecule has 1 fully saturated rings. The Balaban J connectivity index is 2.24. The van der Waals surface area contributed by atoms with Crippen LogP contribution in [-0.4, -0.2) is 12.6 Å². The van der Waals surface area contributed by atoms with Crippen molar-refractivity contribution in [2.24, 2.45) is 17.3 Å². The van der Waals surface area contributed by atoms with Crippen molar-refractivity contribution in [1.29, 1.82) is 0 Å². The lowest BCUT2D eigenvalue weighted by Crippen LogP contribution is -2.41. The number of hydrogen-bond donors (Lipinski definition) is 1. The average molecular weight is 225 g/mol. The van der Waals surface area contributed by atoms with Gasteiger partial charge in [-0.25, -0.2) is 0 Å². The fourth-order valence-electron chi connectivity index (χ4n) is 2.39. The molecule has 0 radical (unpaired) electrons. The third kappa shape index (κ3) is 4.08. The summed E-state index contributed by atoms with van der Waals surface area (Å²) >= 11 is 0. The van der Waals surface area contributed by atoms with Crippen molar-refractivity contribution in [2.45, 2.75) is 72.8 Å². The molecule has 16 heavy (non-hydrogen) atoms. The predicted octanol–water partition coefficient (Wildman–Crippen LogP) is 4.23.